The number of fused-ring (bicyclic) bond motifs is 3. The predicted octanol–water partition coefficient (Wildman–Crippen LogP) is 5.44. The van der Waals surface area contributed by atoms with Crippen molar-refractivity contribution >= 4 is 39.1 Å². The molecule has 7 rings (SSSR count). The van der Waals surface area contributed by atoms with Gasteiger partial charge in [0.25, 0.3) is 5.91 Å². The van der Waals surface area contributed by atoms with Gasteiger partial charge in [-0.2, -0.15) is 12.7 Å². The van der Waals surface area contributed by atoms with Crippen LogP contribution in [0.5, 0.6) is 0 Å². The van der Waals surface area contributed by atoms with E-state index >= 15 is 0 Å². The Labute approximate surface area is 256 Å². The van der Waals surface area contributed by atoms with E-state index in [-0.39, 0.29) is 34.9 Å². The molecule has 5 heterocycles. The van der Waals surface area contributed by atoms with Gasteiger partial charge < -0.3 is 19.5 Å². The molecule has 3 aliphatic heterocycles. The van der Waals surface area contributed by atoms with Gasteiger partial charge in [0.2, 0.25) is 0 Å². The summed E-state index contributed by atoms with van der Waals surface area (Å²) in [6, 6.07) is 13.1. The zero-order valence-corrected chi connectivity index (χ0v) is 24.8. The van der Waals surface area contributed by atoms with Gasteiger partial charge in [-0.1, -0.05) is 47.1 Å². The summed E-state index contributed by atoms with van der Waals surface area (Å²) in [4.78, 5) is 13.2. The molecule has 1 amide bonds. The Morgan fingerprint density at radius 2 is 1.80 bits per heavy atom. The molecule has 44 heavy (non-hydrogen) atoms. The number of benzene rings is 2. The third-order valence-electron chi connectivity index (χ3n) is 8.75. The van der Waals surface area contributed by atoms with Crippen molar-refractivity contribution in [3.63, 3.8) is 0 Å². The standard InChI is InChI=1S/C30H28ClF2N5O5S/c31-26-27(23-7-4-12-37(23)28(26)29(39)34-18-8-11-21(32)22(33)13-18)36-44(41,42)38-19-9-10-20(38)16-30(40,15-19)25-14-24(43-35-25)17-5-2-1-3-6-17/h1-3,5-6,8,11,13-14,19-20,36,40H,4,7,9-10,12,15-16H2,(H,34,39). The van der Waals surface area contributed by atoms with Crippen LogP contribution in [0.4, 0.5) is 20.2 Å². The summed E-state index contributed by atoms with van der Waals surface area (Å²) >= 11 is 6.66. The molecule has 2 aromatic heterocycles. The first kappa shape index (κ1) is 29.0. The van der Waals surface area contributed by atoms with E-state index in [1.165, 1.54) is 10.4 Å². The lowest BCUT2D eigenvalue weighted by Gasteiger charge is -2.41. The highest BCUT2D eigenvalue weighted by atomic mass is 35.5. The topological polar surface area (TPSA) is 130 Å². The number of piperidine rings is 1. The van der Waals surface area contributed by atoms with Gasteiger partial charge in [-0.15, -0.1) is 0 Å². The van der Waals surface area contributed by atoms with Gasteiger partial charge in [0.15, 0.2) is 17.4 Å². The van der Waals surface area contributed by atoms with Crippen LogP contribution < -0.4 is 10.0 Å². The van der Waals surface area contributed by atoms with E-state index in [4.69, 9.17) is 16.1 Å². The Hall–Kier alpha value is -3.78. The van der Waals surface area contributed by atoms with Crippen molar-refractivity contribution in [2.24, 2.45) is 0 Å². The van der Waals surface area contributed by atoms with Gasteiger partial charge in [-0.3, -0.25) is 9.52 Å². The lowest BCUT2D eigenvalue weighted by molar-refractivity contribution is -0.0391. The van der Waals surface area contributed by atoms with E-state index in [1.807, 2.05) is 30.3 Å². The first-order chi connectivity index (χ1) is 21.0. The van der Waals surface area contributed by atoms with Gasteiger partial charge in [0, 0.05) is 47.7 Å². The van der Waals surface area contributed by atoms with Crippen molar-refractivity contribution in [3.8, 4) is 11.3 Å². The second kappa shape index (κ2) is 10.7. The Balaban J connectivity index is 1.13. The second-order valence-corrected chi connectivity index (χ2v) is 13.5. The van der Waals surface area contributed by atoms with E-state index in [1.54, 1.807) is 10.6 Å². The van der Waals surface area contributed by atoms with Crippen LogP contribution in [-0.4, -0.2) is 45.5 Å². The molecule has 3 N–H and O–H groups in total. The second-order valence-electron chi connectivity index (χ2n) is 11.5. The Morgan fingerprint density at radius 1 is 1.07 bits per heavy atom. The molecule has 2 aromatic carbocycles. The maximum Gasteiger partial charge on any atom is 0.302 e. The van der Waals surface area contributed by atoms with Crippen LogP contribution in [-0.2, 0) is 28.8 Å². The monoisotopic (exact) mass is 643 g/mol. The highest BCUT2D eigenvalue weighted by Crippen LogP contribution is 2.48. The van der Waals surface area contributed by atoms with Crippen molar-refractivity contribution in [2.75, 3.05) is 10.0 Å². The first-order valence-corrected chi connectivity index (χ1v) is 16.1. The van der Waals surface area contributed by atoms with Gasteiger partial charge in [0.05, 0.1) is 10.7 Å². The highest BCUT2D eigenvalue weighted by molar-refractivity contribution is 7.90. The Bertz CT molecular complexity index is 1870. The number of hydrogen-bond acceptors (Lipinski definition) is 6. The number of halogens is 3. The molecule has 0 spiro atoms. The normalized spacial score (nSPS) is 23.1. The molecule has 0 radical (unpaired) electrons. The van der Waals surface area contributed by atoms with E-state index in [2.05, 4.69) is 15.2 Å². The number of anilines is 2. The molecule has 10 nitrogen and oxygen atoms in total. The molecule has 2 bridgehead atoms. The van der Waals surface area contributed by atoms with Crippen molar-refractivity contribution < 1.29 is 31.6 Å². The molecule has 3 aliphatic rings. The summed E-state index contributed by atoms with van der Waals surface area (Å²) in [7, 11) is -4.16. The maximum atomic E-state index is 13.9. The molecular weight excluding hydrogens is 616 g/mol. The van der Waals surface area contributed by atoms with Crippen molar-refractivity contribution in [3.05, 3.63) is 88.3 Å². The zero-order chi connectivity index (χ0) is 30.8. The van der Waals surface area contributed by atoms with Crippen molar-refractivity contribution in [2.45, 2.75) is 62.8 Å². The number of nitrogens with zero attached hydrogens (tertiary/aromatic N) is 3. The van der Waals surface area contributed by atoms with Crippen LogP contribution in [0.15, 0.2) is 59.1 Å². The average molecular weight is 644 g/mol. The van der Waals surface area contributed by atoms with Gasteiger partial charge >= 0.3 is 10.2 Å². The highest BCUT2D eigenvalue weighted by Gasteiger charge is 2.54. The minimum atomic E-state index is -4.16. The Morgan fingerprint density at radius 3 is 2.50 bits per heavy atom. The smallest absolute Gasteiger partial charge is 0.302 e. The summed E-state index contributed by atoms with van der Waals surface area (Å²) in [5.74, 6) is -2.34. The number of carbonyl (C=O) groups is 1. The van der Waals surface area contributed by atoms with Crippen LogP contribution in [0.25, 0.3) is 11.3 Å². The van der Waals surface area contributed by atoms with Crippen LogP contribution in [0.3, 0.4) is 0 Å². The summed E-state index contributed by atoms with van der Waals surface area (Å²) < 4.78 is 66.1. The van der Waals surface area contributed by atoms with E-state index in [0.29, 0.717) is 49.4 Å². The number of aliphatic hydroxyl groups is 1. The van der Waals surface area contributed by atoms with E-state index in [0.717, 1.165) is 17.7 Å². The van der Waals surface area contributed by atoms with Crippen LogP contribution in [0.1, 0.15) is 54.0 Å². The molecule has 4 aromatic rings. The largest absolute Gasteiger partial charge is 0.383 e. The van der Waals surface area contributed by atoms with Crippen LogP contribution in [0.2, 0.25) is 5.02 Å². The maximum absolute atomic E-state index is 13.9. The quantitative estimate of drug-likeness (QED) is 0.246. The van der Waals surface area contributed by atoms with Gasteiger partial charge in [0.1, 0.15) is 17.0 Å². The molecule has 2 unspecified atom stereocenters. The van der Waals surface area contributed by atoms with Crippen molar-refractivity contribution in [1.82, 2.24) is 14.0 Å². The third kappa shape index (κ3) is 4.87. The number of rotatable bonds is 7. The van der Waals surface area contributed by atoms with Crippen LogP contribution in [0, 0.1) is 11.6 Å². The molecule has 2 fully saturated rings. The zero-order valence-electron chi connectivity index (χ0n) is 23.3. The van der Waals surface area contributed by atoms with Crippen molar-refractivity contribution in [1.29, 1.82) is 0 Å². The number of aromatic nitrogens is 2. The Kier molecular flexibility index (Phi) is 7.03. The van der Waals surface area contributed by atoms with E-state index in [9.17, 15) is 27.1 Å². The fraction of sp³-hybridized carbons (Fsp3) is 0.333. The molecule has 2 atom stereocenters. The average Bonchev–Trinajstić information content (AvgIpc) is 3.77. The molecule has 0 aliphatic carbocycles. The lowest BCUT2D eigenvalue weighted by atomic mass is 9.84. The fourth-order valence-corrected chi connectivity index (χ4v) is 8.96. The molecular formula is C30H28ClF2N5O5S. The lowest BCUT2D eigenvalue weighted by Crippen LogP contribution is -2.53. The van der Waals surface area contributed by atoms with Gasteiger partial charge in [-0.25, -0.2) is 8.78 Å². The van der Waals surface area contributed by atoms with Crippen LogP contribution >= 0.6 is 11.6 Å². The minimum absolute atomic E-state index is 0.0258. The van der Waals surface area contributed by atoms with E-state index < -0.39 is 45.4 Å². The fourth-order valence-electron chi connectivity index (χ4n) is 6.84. The molecule has 14 heteroatoms. The molecule has 230 valence electrons. The SMILES string of the molecule is O=C(Nc1ccc(F)c(F)c1)c1c(Cl)c(NS(=O)(=O)N2C3CCC2CC(O)(c2cc(-c4ccccc4)on2)C3)c2n1CCC2. The summed E-state index contributed by atoms with van der Waals surface area (Å²) in [6.45, 7) is 0.433. The molecule has 2 saturated heterocycles. The number of hydrogen-bond donors (Lipinski definition) is 3. The third-order valence-corrected chi connectivity index (χ3v) is 10.7. The summed E-state index contributed by atoms with van der Waals surface area (Å²) in [6.07, 6.45) is 2.53. The minimum Gasteiger partial charge on any atom is -0.383 e. The number of nitrogens with one attached hydrogen (secondary N) is 2. The van der Waals surface area contributed by atoms with Gasteiger partial charge in [-0.05, 0) is 50.7 Å². The number of carbonyl (C=O) groups excluding carboxylic acids is 1. The molecule has 0 saturated carbocycles. The first-order valence-electron chi connectivity index (χ1n) is 14.3. The summed E-state index contributed by atoms with van der Waals surface area (Å²) in [5, 5.41) is 18.2. The summed E-state index contributed by atoms with van der Waals surface area (Å²) in [5.41, 5.74) is 0.544. The number of amides is 1. The predicted molar refractivity (Wildman–Crippen MR) is 158 cm³/mol.